The molecule has 1 aliphatic heterocycles. The Balaban J connectivity index is 1.59. The van der Waals surface area contributed by atoms with E-state index in [2.05, 4.69) is 9.71 Å². The quantitative estimate of drug-likeness (QED) is 0.690. The van der Waals surface area contributed by atoms with Gasteiger partial charge in [0.25, 0.3) is 5.56 Å². The van der Waals surface area contributed by atoms with Gasteiger partial charge in [-0.05, 0) is 35.7 Å². The summed E-state index contributed by atoms with van der Waals surface area (Å²) >= 11 is 0. The summed E-state index contributed by atoms with van der Waals surface area (Å²) in [5.74, 6) is 1.49. The zero-order valence-electron chi connectivity index (χ0n) is 14.3. The largest absolute Gasteiger partial charge is 0.497 e. The van der Waals surface area contributed by atoms with E-state index in [9.17, 15) is 13.2 Å². The van der Waals surface area contributed by atoms with Gasteiger partial charge in [0, 0.05) is 24.2 Å². The molecule has 2 aromatic carbocycles. The highest BCUT2D eigenvalue weighted by Gasteiger charge is 2.20. The molecule has 0 bridgehead atoms. The van der Waals surface area contributed by atoms with Crippen molar-refractivity contribution in [1.29, 1.82) is 0 Å². The number of hydrogen-bond donors (Lipinski definition) is 2. The third kappa shape index (κ3) is 3.34. The second-order valence-corrected chi connectivity index (χ2v) is 7.68. The number of H-pyrrole nitrogens is 1. The summed E-state index contributed by atoms with van der Waals surface area (Å²) in [6.07, 6.45) is 0. The molecule has 1 aliphatic rings. The van der Waals surface area contributed by atoms with E-state index < -0.39 is 10.0 Å². The monoisotopic (exact) mass is 388 g/mol. The highest BCUT2D eigenvalue weighted by atomic mass is 32.2. The smallest absolute Gasteiger partial charge is 0.252 e. The Kier molecular flexibility index (Phi) is 4.25. The average Bonchev–Trinajstić information content (AvgIpc) is 3.13. The number of hydrogen-bond acceptors (Lipinski definition) is 6. The molecule has 8 nitrogen and oxygen atoms in total. The van der Waals surface area contributed by atoms with Gasteiger partial charge in [-0.15, -0.1) is 0 Å². The van der Waals surface area contributed by atoms with Gasteiger partial charge < -0.3 is 19.2 Å². The Morgan fingerprint density at radius 1 is 1.11 bits per heavy atom. The fourth-order valence-corrected chi connectivity index (χ4v) is 3.81. The highest BCUT2D eigenvalue weighted by Crippen LogP contribution is 2.33. The van der Waals surface area contributed by atoms with Crippen LogP contribution >= 0.6 is 0 Å². The van der Waals surface area contributed by atoms with Crippen LogP contribution in [-0.4, -0.2) is 27.3 Å². The summed E-state index contributed by atoms with van der Waals surface area (Å²) in [5.41, 5.74) is 0.544. The predicted molar refractivity (Wildman–Crippen MR) is 97.7 cm³/mol. The van der Waals surface area contributed by atoms with Gasteiger partial charge in [0.2, 0.25) is 16.8 Å². The number of ether oxygens (including phenoxy) is 3. The van der Waals surface area contributed by atoms with Crippen LogP contribution in [0.3, 0.4) is 0 Å². The van der Waals surface area contributed by atoms with Crippen LogP contribution in [0.4, 0.5) is 0 Å². The molecule has 140 valence electrons. The maximum absolute atomic E-state index is 12.5. The lowest BCUT2D eigenvalue weighted by Gasteiger charge is -2.08. The summed E-state index contributed by atoms with van der Waals surface area (Å²) in [4.78, 5) is 15.0. The van der Waals surface area contributed by atoms with Crippen molar-refractivity contribution in [3.05, 3.63) is 58.4 Å². The van der Waals surface area contributed by atoms with Gasteiger partial charge in [-0.1, -0.05) is 0 Å². The molecule has 1 aromatic heterocycles. The number of aromatic amines is 1. The van der Waals surface area contributed by atoms with Crippen LogP contribution in [0.1, 0.15) is 5.56 Å². The molecule has 0 radical (unpaired) electrons. The van der Waals surface area contributed by atoms with Gasteiger partial charge in [0.15, 0.2) is 11.5 Å². The van der Waals surface area contributed by atoms with E-state index in [1.165, 1.54) is 18.2 Å². The standard InChI is InChI=1S/C18H16N2O6S/c1-24-13-3-2-11-6-12(18(21)20-15(11)7-13)9-19-27(22,23)14-4-5-16-17(8-14)26-10-25-16/h2-8,19H,9-10H2,1H3,(H,20,21). The maximum atomic E-state index is 12.5. The first-order valence-corrected chi connectivity index (χ1v) is 9.54. The number of nitrogens with one attached hydrogen (secondary N) is 2. The van der Waals surface area contributed by atoms with Crippen molar-refractivity contribution in [2.24, 2.45) is 0 Å². The van der Waals surface area contributed by atoms with Crippen molar-refractivity contribution in [3.8, 4) is 17.2 Å². The summed E-state index contributed by atoms with van der Waals surface area (Å²) < 4.78 is 43.0. The lowest BCUT2D eigenvalue weighted by Crippen LogP contribution is -2.27. The zero-order chi connectivity index (χ0) is 19.0. The second kappa shape index (κ2) is 6.60. The van der Waals surface area contributed by atoms with Crippen molar-refractivity contribution in [2.45, 2.75) is 11.4 Å². The Morgan fingerprint density at radius 2 is 1.93 bits per heavy atom. The van der Waals surface area contributed by atoms with Crippen molar-refractivity contribution < 1.29 is 22.6 Å². The number of rotatable bonds is 5. The first-order valence-electron chi connectivity index (χ1n) is 8.05. The first-order chi connectivity index (χ1) is 13.0. The number of methoxy groups -OCH3 is 1. The fourth-order valence-electron chi connectivity index (χ4n) is 2.78. The summed E-state index contributed by atoms with van der Waals surface area (Å²) in [7, 11) is -2.28. The van der Waals surface area contributed by atoms with Gasteiger partial charge in [0.1, 0.15) is 5.75 Å². The van der Waals surface area contributed by atoms with Gasteiger partial charge >= 0.3 is 0 Å². The molecule has 0 atom stereocenters. The SMILES string of the molecule is COc1ccc2cc(CNS(=O)(=O)c3ccc4c(c3)OCO4)c(=O)[nH]c2c1. The number of sulfonamides is 1. The van der Waals surface area contributed by atoms with Gasteiger partial charge in [-0.2, -0.15) is 0 Å². The third-order valence-electron chi connectivity index (χ3n) is 4.24. The molecule has 0 aliphatic carbocycles. The van der Waals surface area contributed by atoms with Crippen molar-refractivity contribution in [2.75, 3.05) is 13.9 Å². The van der Waals surface area contributed by atoms with E-state index >= 15 is 0 Å². The number of pyridine rings is 1. The molecule has 2 N–H and O–H groups in total. The molecule has 0 saturated heterocycles. The molecule has 4 rings (SSSR count). The van der Waals surface area contributed by atoms with Gasteiger partial charge in [-0.3, -0.25) is 4.79 Å². The van der Waals surface area contributed by atoms with E-state index in [1.807, 2.05) is 0 Å². The molecule has 0 spiro atoms. The lowest BCUT2D eigenvalue weighted by molar-refractivity contribution is 0.174. The zero-order valence-corrected chi connectivity index (χ0v) is 15.1. The fraction of sp³-hybridized carbons (Fsp3) is 0.167. The van der Waals surface area contributed by atoms with Crippen LogP contribution in [0, 0.1) is 0 Å². The molecule has 0 unspecified atom stereocenters. The second-order valence-electron chi connectivity index (χ2n) is 5.92. The summed E-state index contributed by atoms with van der Waals surface area (Å²) in [6.45, 7) is -0.0857. The molecule has 9 heteroatoms. The van der Waals surface area contributed by atoms with Gasteiger partial charge in [-0.25, -0.2) is 13.1 Å². The van der Waals surface area contributed by atoms with Crippen LogP contribution in [0.2, 0.25) is 0 Å². The minimum atomic E-state index is -3.82. The topological polar surface area (TPSA) is 107 Å². The lowest BCUT2D eigenvalue weighted by atomic mass is 10.1. The first kappa shape index (κ1) is 17.4. The van der Waals surface area contributed by atoms with Crippen LogP contribution in [0.5, 0.6) is 17.2 Å². The molecular formula is C18H16N2O6S. The Bertz CT molecular complexity index is 1190. The molecular weight excluding hydrogens is 372 g/mol. The molecule has 0 saturated carbocycles. The Morgan fingerprint density at radius 3 is 2.74 bits per heavy atom. The number of benzene rings is 2. The Labute approximate surface area is 154 Å². The minimum absolute atomic E-state index is 0.0358. The van der Waals surface area contributed by atoms with E-state index in [-0.39, 0.29) is 23.8 Å². The van der Waals surface area contributed by atoms with Crippen LogP contribution in [0.15, 0.2) is 52.2 Å². The molecule has 3 aromatic rings. The molecule has 2 heterocycles. The Hall–Kier alpha value is -3.04. The van der Waals surface area contributed by atoms with Crippen LogP contribution < -0.4 is 24.5 Å². The van der Waals surface area contributed by atoms with Crippen molar-refractivity contribution in [1.82, 2.24) is 9.71 Å². The molecule has 0 fully saturated rings. The molecule has 0 amide bonds. The van der Waals surface area contributed by atoms with Crippen LogP contribution in [0.25, 0.3) is 10.9 Å². The maximum Gasteiger partial charge on any atom is 0.252 e. The average molecular weight is 388 g/mol. The normalized spacial score (nSPS) is 13.1. The number of aromatic nitrogens is 1. The molecule has 27 heavy (non-hydrogen) atoms. The van der Waals surface area contributed by atoms with E-state index in [4.69, 9.17) is 14.2 Å². The van der Waals surface area contributed by atoms with E-state index in [0.717, 1.165) is 5.39 Å². The minimum Gasteiger partial charge on any atom is -0.497 e. The van der Waals surface area contributed by atoms with Crippen molar-refractivity contribution in [3.63, 3.8) is 0 Å². The highest BCUT2D eigenvalue weighted by molar-refractivity contribution is 7.89. The van der Waals surface area contributed by atoms with Gasteiger partial charge in [0.05, 0.1) is 17.5 Å². The van der Waals surface area contributed by atoms with E-state index in [1.54, 1.807) is 31.4 Å². The predicted octanol–water partition coefficient (Wildman–Crippen LogP) is 1.74. The van der Waals surface area contributed by atoms with Crippen LogP contribution in [-0.2, 0) is 16.6 Å². The third-order valence-corrected chi connectivity index (χ3v) is 5.64. The van der Waals surface area contributed by atoms with Crippen molar-refractivity contribution >= 4 is 20.9 Å². The van der Waals surface area contributed by atoms with E-state index in [0.29, 0.717) is 28.3 Å². The number of fused-ring (bicyclic) bond motifs is 2. The summed E-state index contributed by atoms with van der Waals surface area (Å²) in [5, 5.41) is 0.771. The summed E-state index contributed by atoms with van der Waals surface area (Å²) in [6, 6.07) is 11.3.